The predicted octanol–water partition coefficient (Wildman–Crippen LogP) is 3.05. The number of aliphatic hydroxyl groups is 1. The van der Waals surface area contributed by atoms with Gasteiger partial charge >= 0.3 is 0 Å². The summed E-state index contributed by atoms with van der Waals surface area (Å²) in [7, 11) is 1.52. The third kappa shape index (κ3) is 3.66. The zero-order valence-electron chi connectivity index (χ0n) is 16.1. The summed E-state index contributed by atoms with van der Waals surface area (Å²) in [5.41, 5.74) is 0.382. The number of methoxy groups -OCH3 is 1. The largest absolute Gasteiger partial charge is 0.507 e. The van der Waals surface area contributed by atoms with Gasteiger partial charge in [0.1, 0.15) is 29.1 Å². The first-order valence-electron chi connectivity index (χ1n) is 9.04. The fourth-order valence-corrected chi connectivity index (χ4v) is 3.25. The molecule has 1 saturated heterocycles. The van der Waals surface area contributed by atoms with Gasteiger partial charge in [-0.2, -0.15) is 0 Å². The van der Waals surface area contributed by atoms with Crippen molar-refractivity contribution in [1.29, 1.82) is 0 Å². The van der Waals surface area contributed by atoms with Crippen LogP contribution in [0.2, 0.25) is 0 Å². The Balaban J connectivity index is 2.12. The number of likely N-dealkylation sites (tertiary alicyclic amines) is 1. The predicted molar refractivity (Wildman–Crippen MR) is 102 cm³/mol. The molecule has 1 N–H and O–H groups in total. The molecule has 1 aromatic carbocycles. The number of ether oxygens (including phenoxy) is 2. The number of aryl methyl sites for hydroxylation is 1. The van der Waals surface area contributed by atoms with Gasteiger partial charge in [0.15, 0.2) is 0 Å². The van der Waals surface area contributed by atoms with E-state index >= 15 is 0 Å². The van der Waals surface area contributed by atoms with E-state index in [4.69, 9.17) is 13.9 Å². The first kappa shape index (κ1) is 19.7. The normalized spacial score (nSPS) is 18.7. The van der Waals surface area contributed by atoms with Crippen molar-refractivity contribution in [1.82, 2.24) is 4.90 Å². The van der Waals surface area contributed by atoms with E-state index in [0.29, 0.717) is 29.4 Å². The Morgan fingerprint density at radius 3 is 2.68 bits per heavy atom. The van der Waals surface area contributed by atoms with Crippen LogP contribution in [0.1, 0.15) is 30.0 Å². The van der Waals surface area contributed by atoms with Gasteiger partial charge in [-0.05, 0) is 38.1 Å². The Hall–Kier alpha value is -3.06. The number of carbonyl (C=O) groups excluding carboxylic acids is 2. The summed E-state index contributed by atoms with van der Waals surface area (Å²) < 4.78 is 16.2. The van der Waals surface area contributed by atoms with Crippen LogP contribution < -0.4 is 4.74 Å². The fourth-order valence-electron chi connectivity index (χ4n) is 3.25. The molecule has 7 heteroatoms. The molecule has 2 heterocycles. The monoisotopic (exact) mass is 385 g/mol. The van der Waals surface area contributed by atoms with Crippen molar-refractivity contribution in [3.63, 3.8) is 0 Å². The topological polar surface area (TPSA) is 89.2 Å². The van der Waals surface area contributed by atoms with Crippen LogP contribution in [0.25, 0.3) is 5.76 Å². The highest BCUT2D eigenvalue weighted by molar-refractivity contribution is 6.46. The molecule has 1 aliphatic rings. The molecule has 0 saturated carbocycles. The van der Waals surface area contributed by atoms with Crippen LogP contribution in [0.4, 0.5) is 0 Å². The van der Waals surface area contributed by atoms with Gasteiger partial charge in [-0.25, -0.2) is 0 Å². The number of rotatable bonds is 7. The van der Waals surface area contributed by atoms with Crippen molar-refractivity contribution in [2.24, 2.45) is 0 Å². The Bertz CT molecular complexity index is 913. The first-order chi connectivity index (χ1) is 13.5. The number of nitrogens with zero attached hydrogens (tertiary/aromatic N) is 1. The van der Waals surface area contributed by atoms with Crippen LogP contribution in [0.5, 0.6) is 5.75 Å². The lowest BCUT2D eigenvalue weighted by molar-refractivity contribution is -0.140. The van der Waals surface area contributed by atoms with Gasteiger partial charge in [0.25, 0.3) is 11.7 Å². The van der Waals surface area contributed by atoms with E-state index in [1.54, 1.807) is 43.3 Å². The molecule has 148 valence electrons. The van der Waals surface area contributed by atoms with Gasteiger partial charge in [-0.1, -0.05) is 12.1 Å². The molecule has 0 spiro atoms. The average Bonchev–Trinajstić information content (AvgIpc) is 3.22. The van der Waals surface area contributed by atoms with Gasteiger partial charge in [-0.15, -0.1) is 0 Å². The average molecular weight is 385 g/mol. The second-order valence-electron chi connectivity index (χ2n) is 6.39. The van der Waals surface area contributed by atoms with E-state index in [1.807, 2.05) is 6.92 Å². The maximum absolute atomic E-state index is 12.8. The van der Waals surface area contributed by atoms with Crippen molar-refractivity contribution >= 4 is 17.4 Å². The molecular weight excluding hydrogens is 362 g/mol. The minimum Gasteiger partial charge on any atom is -0.507 e. The van der Waals surface area contributed by atoms with Crippen molar-refractivity contribution in [3.8, 4) is 5.75 Å². The Morgan fingerprint density at radius 1 is 1.25 bits per heavy atom. The van der Waals surface area contributed by atoms with Gasteiger partial charge in [0.2, 0.25) is 0 Å². The summed E-state index contributed by atoms with van der Waals surface area (Å²) >= 11 is 0. The number of aliphatic hydroxyl groups excluding tert-OH is 1. The highest BCUT2D eigenvalue weighted by Crippen LogP contribution is 2.40. The third-order valence-electron chi connectivity index (χ3n) is 4.53. The van der Waals surface area contributed by atoms with Crippen molar-refractivity contribution in [2.45, 2.75) is 19.9 Å². The zero-order valence-corrected chi connectivity index (χ0v) is 16.1. The second kappa shape index (κ2) is 8.31. The number of benzene rings is 1. The van der Waals surface area contributed by atoms with Gasteiger partial charge < -0.3 is 23.9 Å². The number of ketones is 1. The minimum absolute atomic E-state index is 0.0101. The number of furan rings is 1. The first-order valence-corrected chi connectivity index (χ1v) is 9.04. The molecule has 28 heavy (non-hydrogen) atoms. The Labute approximate surface area is 163 Å². The van der Waals surface area contributed by atoms with Crippen LogP contribution in [0.15, 0.2) is 46.4 Å². The number of carbonyl (C=O) groups is 2. The van der Waals surface area contributed by atoms with Crippen molar-refractivity contribution in [2.75, 3.05) is 26.9 Å². The summed E-state index contributed by atoms with van der Waals surface area (Å²) in [5.74, 6) is -0.0986. The maximum Gasteiger partial charge on any atom is 0.295 e. The van der Waals surface area contributed by atoms with Crippen molar-refractivity contribution < 1.29 is 28.6 Å². The molecule has 1 aromatic heterocycles. The maximum atomic E-state index is 12.8. The van der Waals surface area contributed by atoms with Crippen LogP contribution >= 0.6 is 0 Å². The van der Waals surface area contributed by atoms with E-state index in [-0.39, 0.29) is 24.5 Å². The van der Waals surface area contributed by atoms with Gasteiger partial charge in [-0.3, -0.25) is 9.59 Å². The van der Waals surface area contributed by atoms with E-state index in [2.05, 4.69) is 0 Å². The third-order valence-corrected chi connectivity index (χ3v) is 4.53. The Kier molecular flexibility index (Phi) is 5.84. The molecular formula is C21H23NO6. The molecule has 0 unspecified atom stereocenters. The molecule has 7 nitrogen and oxygen atoms in total. The van der Waals surface area contributed by atoms with Crippen molar-refractivity contribution in [3.05, 3.63) is 59.1 Å². The van der Waals surface area contributed by atoms with E-state index in [9.17, 15) is 14.7 Å². The quantitative estimate of drug-likeness (QED) is 0.448. The second-order valence-corrected chi connectivity index (χ2v) is 6.39. The Morgan fingerprint density at radius 2 is 2.04 bits per heavy atom. The standard InChI is InChI=1S/C21H23NO6/c1-4-27-15-7-5-6-14(12-15)19(23)17-18(16-9-8-13(2)28-16)22(10-11-26-3)21(25)20(17)24/h5-9,12,18,23H,4,10-11H2,1-3H3/t18-/m1/s1. The summed E-state index contributed by atoms with van der Waals surface area (Å²) in [6, 6.07) is 9.39. The fraction of sp³-hybridized carbons (Fsp3) is 0.333. The number of hydrogen-bond acceptors (Lipinski definition) is 6. The smallest absolute Gasteiger partial charge is 0.295 e. The molecule has 0 radical (unpaired) electrons. The van der Waals surface area contributed by atoms with E-state index in [1.165, 1.54) is 12.0 Å². The zero-order chi connectivity index (χ0) is 20.3. The van der Waals surface area contributed by atoms with E-state index < -0.39 is 17.7 Å². The molecule has 1 aliphatic heterocycles. The van der Waals surface area contributed by atoms with Crippen LogP contribution in [0, 0.1) is 6.92 Å². The molecule has 3 rings (SSSR count). The van der Waals surface area contributed by atoms with Gasteiger partial charge in [0.05, 0.1) is 18.8 Å². The molecule has 0 aliphatic carbocycles. The summed E-state index contributed by atoms with van der Waals surface area (Å²) in [4.78, 5) is 26.8. The number of Topliss-reactive ketones (excluding diaryl/α,β-unsaturated/α-hetero) is 1. The molecule has 1 fully saturated rings. The molecule has 2 aromatic rings. The number of hydrogen-bond donors (Lipinski definition) is 1. The summed E-state index contributed by atoms with van der Waals surface area (Å²) in [6.07, 6.45) is 0. The molecule has 1 atom stereocenters. The minimum atomic E-state index is -0.820. The van der Waals surface area contributed by atoms with Crippen LogP contribution in [-0.2, 0) is 14.3 Å². The van der Waals surface area contributed by atoms with E-state index in [0.717, 1.165) is 0 Å². The SMILES string of the molecule is CCOc1cccc(C(O)=C2C(=O)C(=O)N(CCOC)[C@@H]2c2ccc(C)o2)c1. The summed E-state index contributed by atoms with van der Waals surface area (Å²) in [6.45, 7) is 4.55. The summed E-state index contributed by atoms with van der Waals surface area (Å²) in [5, 5.41) is 10.9. The highest BCUT2D eigenvalue weighted by atomic mass is 16.5. The number of amides is 1. The van der Waals surface area contributed by atoms with Gasteiger partial charge in [0, 0.05) is 19.2 Å². The lowest BCUT2D eigenvalue weighted by atomic mass is 9.99. The highest BCUT2D eigenvalue weighted by Gasteiger charge is 2.47. The lowest BCUT2D eigenvalue weighted by Gasteiger charge is -2.22. The molecule has 0 bridgehead atoms. The molecule has 1 amide bonds. The van der Waals surface area contributed by atoms with Crippen LogP contribution in [-0.4, -0.2) is 48.6 Å². The lowest BCUT2D eigenvalue weighted by Crippen LogP contribution is -2.32. The van der Waals surface area contributed by atoms with Crippen LogP contribution in [0.3, 0.4) is 0 Å².